The summed E-state index contributed by atoms with van der Waals surface area (Å²) in [5, 5.41) is 12.5. The molecule has 0 saturated carbocycles. The lowest BCUT2D eigenvalue weighted by atomic mass is 9.99. The number of aromatic nitrogens is 2. The van der Waals surface area contributed by atoms with Gasteiger partial charge in [-0.1, -0.05) is 42.3 Å². The first kappa shape index (κ1) is 20.6. The Morgan fingerprint density at radius 1 is 1.03 bits per heavy atom. The summed E-state index contributed by atoms with van der Waals surface area (Å²) in [6, 6.07) is 16.3. The van der Waals surface area contributed by atoms with Crippen LogP contribution in [0.2, 0.25) is 10.0 Å². The molecular weight excluding hydrogens is 419 g/mol. The first-order valence-corrected chi connectivity index (χ1v) is 10.7. The normalized spacial score (nSPS) is 14.6. The van der Waals surface area contributed by atoms with Gasteiger partial charge in [0.2, 0.25) is 0 Å². The molecule has 1 amide bonds. The van der Waals surface area contributed by atoms with Crippen molar-refractivity contribution < 1.29 is 4.79 Å². The predicted molar refractivity (Wildman–Crippen MR) is 122 cm³/mol. The molecule has 4 rings (SSSR count). The van der Waals surface area contributed by atoms with Crippen LogP contribution >= 0.6 is 23.2 Å². The van der Waals surface area contributed by atoms with Gasteiger partial charge >= 0.3 is 0 Å². The summed E-state index contributed by atoms with van der Waals surface area (Å²) in [5.41, 5.74) is 2.65. The van der Waals surface area contributed by atoms with E-state index in [0.29, 0.717) is 21.3 Å². The number of anilines is 2. The molecule has 0 bridgehead atoms. The first-order valence-electron chi connectivity index (χ1n) is 9.95. The molecule has 0 aliphatic carbocycles. The third kappa shape index (κ3) is 4.74. The van der Waals surface area contributed by atoms with E-state index in [1.165, 1.54) is 12.8 Å². The number of halogens is 2. The van der Waals surface area contributed by atoms with Gasteiger partial charge in [0.15, 0.2) is 5.82 Å². The second-order valence-electron chi connectivity index (χ2n) is 7.61. The van der Waals surface area contributed by atoms with E-state index in [4.69, 9.17) is 23.2 Å². The molecule has 0 spiro atoms. The molecule has 3 aromatic rings. The lowest BCUT2D eigenvalue weighted by Crippen LogP contribution is -2.33. The van der Waals surface area contributed by atoms with E-state index in [0.717, 1.165) is 36.1 Å². The summed E-state index contributed by atoms with van der Waals surface area (Å²) in [5.74, 6) is 1.39. The molecule has 1 fully saturated rings. The summed E-state index contributed by atoms with van der Waals surface area (Å²) < 4.78 is 0. The van der Waals surface area contributed by atoms with Crippen molar-refractivity contribution in [3.05, 3.63) is 70.2 Å². The lowest BCUT2D eigenvalue weighted by Gasteiger charge is -2.30. The van der Waals surface area contributed by atoms with Crippen LogP contribution in [-0.4, -0.2) is 29.2 Å². The fourth-order valence-corrected chi connectivity index (χ4v) is 4.01. The molecule has 5 nitrogen and oxygen atoms in total. The number of benzene rings is 2. The molecule has 30 heavy (non-hydrogen) atoms. The average Bonchev–Trinajstić information content (AvgIpc) is 2.74. The van der Waals surface area contributed by atoms with E-state index < -0.39 is 0 Å². The number of rotatable bonds is 4. The van der Waals surface area contributed by atoms with Gasteiger partial charge in [-0.2, -0.15) is 0 Å². The van der Waals surface area contributed by atoms with Gasteiger partial charge in [-0.05, 0) is 61.2 Å². The van der Waals surface area contributed by atoms with Gasteiger partial charge < -0.3 is 10.2 Å². The number of nitrogens with one attached hydrogen (secondary N) is 1. The van der Waals surface area contributed by atoms with Crippen molar-refractivity contribution >= 4 is 40.6 Å². The fraction of sp³-hybridized carbons (Fsp3) is 0.261. The molecule has 1 aliphatic rings. The number of nitrogens with zero attached hydrogens (tertiary/aromatic N) is 3. The van der Waals surface area contributed by atoms with Gasteiger partial charge in [-0.15, -0.1) is 10.2 Å². The quantitative estimate of drug-likeness (QED) is 0.545. The topological polar surface area (TPSA) is 58.1 Å². The van der Waals surface area contributed by atoms with Crippen molar-refractivity contribution in [3.8, 4) is 11.3 Å². The molecule has 1 saturated heterocycles. The van der Waals surface area contributed by atoms with Crippen LogP contribution < -0.4 is 10.2 Å². The minimum Gasteiger partial charge on any atom is -0.355 e. The van der Waals surface area contributed by atoms with Gasteiger partial charge in [0.05, 0.1) is 16.3 Å². The van der Waals surface area contributed by atoms with E-state index in [-0.39, 0.29) is 5.91 Å². The van der Waals surface area contributed by atoms with E-state index in [2.05, 4.69) is 27.3 Å². The zero-order valence-corrected chi connectivity index (χ0v) is 18.1. The highest BCUT2D eigenvalue weighted by atomic mass is 35.5. The highest BCUT2D eigenvalue weighted by molar-refractivity contribution is 6.37. The highest BCUT2D eigenvalue weighted by Gasteiger charge is 2.17. The maximum Gasteiger partial charge on any atom is 0.257 e. The van der Waals surface area contributed by atoms with Crippen molar-refractivity contribution in [3.63, 3.8) is 0 Å². The summed E-state index contributed by atoms with van der Waals surface area (Å²) >= 11 is 12.0. The van der Waals surface area contributed by atoms with E-state index in [9.17, 15) is 4.79 Å². The SMILES string of the molecule is CC1CCN(c2ccc(-c3cccc(NC(=O)c4ccc(Cl)cc4Cl)c3)nn2)CC1. The van der Waals surface area contributed by atoms with Crippen LogP contribution in [0.15, 0.2) is 54.6 Å². The predicted octanol–water partition coefficient (Wildman–Crippen LogP) is 5.94. The third-order valence-electron chi connectivity index (χ3n) is 5.35. The van der Waals surface area contributed by atoms with Crippen LogP contribution in [0.4, 0.5) is 11.5 Å². The van der Waals surface area contributed by atoms with Gasteiger partial charge in [0.1, 0.15) is 0 Å². The first-order chi connectivity index (χ1) is 14.5. The van der Waals surface area contributed by atoms with Crippen molar-refractivity contribution in [2.45, 2.75) is 19.8 Å². The monoisotopic (exact) mass is 440 g/mol. The van der Waals surface area contributed by atoms with Gasteiger partial charge in [-0.25, -0.2) is 0 Å². The minimum atomic E-state index is -0.297. The Balaban J connectivity index is 1.48. The van der Waals surface area contributed by atoms with Crippen molar-refractivity contribution in [1.82, 2.24) is 10.2 Å². The number of carbonyl (C=O) groups is 1. The van der Waals surface area contributed by atoms with Crippen molar-refractivity contribution in [2.75, 3.05) is 23.3 Å². The second kappa shape index (κ2) is 9.02. The van der Waals surface area contributed by atoms with Crippen LogP contribution in [-0.2, 0) is 0 Å². The Bertz CT molecular complexity index is 1050. The van der Waals surface area contributed by atoms with Gasteiger partial charge in [0.25, 0.3) is 5.91 Å². The summed E-state index contributed by atoms with van der Waals surface area (Å²) in [6.45, 7) is 4.33. The Hall–Kier alpha value is -2.63. The van der Waals surface area contributed by atoms with Crippen LogP contribution in [0.1, 0.15) is 30.1 Å². The Morgan fingerprint density at radius 2 is 1.83 bits per heavy atom. The number of piperidine rings is 1. The molecular formula is C23H22Cl2N4O. The standard InChI is InChI=1S/C23H22Cl2N4O/c1-15-9-11-29(12-10-15)22-8-7-21(27-28-22)16-3-2-4-18(13-16)26-23(30)19-6-5-17(24)14-20(19)25/h2-8,13-15H,9-12H2,1H3,(H,26,30). The number of hydrogen-bond donors (Lipinski definition) is 1. The second-order valence-corrected chi connectivity index (χ2v) is 8.45. The molecule has 154 valence electrons. The Labute approximate surface area is 186 Å². The summed E-state index contributed by atoms with van der Waals surface area (Å²) in [4.78, 5) is 14.8. The largest absolute Gasteiger partial charge is 0.355 e. The van der Waals surface area contributed by atoms with E-state index >= 15 is 0 Å². The van der Waals surface area contributed by atoms with Crippen LogP contribution in [0.5, 0.6) is 0 Å². The van der Waals surface area contributed by atoms with Crippen LogP contribution in [0.25, 0.3) is 11.3 Å². The molecule has 7 heteroatoms. The molecule has 1 aromatic heterocycles. The van der Waals surface area contributed by atoms with E-state index in [1.807, 2.05) is 36.4 Å². The minimum absolute atomic E-state index is 0.297. The maximum atomic E-state index is 12.6. The summed E-state index contributed by atoms with van der Waals surface area (Å²) in [6.07, 6.45) is 2.37. The van der Waals surface area contributed by atoms with E-state index in [1.54, 1.807) is 18.2 Å². The van der Waals surface area contributed by atoms with Crippen LogP contribution in [0, 0.1) is 5.92 Å². The van der Waals surface area contributed by atoms with Gasteiger partial charge in [0, 0.05) is 29.4 Å². The number of hydrogen-bond acceptors (Lipinski definition) is 4. The molecule has 1 aliphatic heterocycles. The molecule has 0 radical (unpaired) electrons. The zero-order valence-electron chi connectivity index (χ0n) is 16.6. The smallest absolute Gasteiger partial charge is 0.257 e. The fourth-order valence-electron chi connectivity index (χ4n) is 3.51. The molecule has 2 aromatic carbocycles. The van der Waals surface area contributed by atoms with Gasteiger partial charge in [-0.3, -0.25) is 4.79 Å². The Kier molecular flexibility index (Phi) is 6.21. The molecule has 1 N–H and O–H groups in total. The average molecular weight is 441 g/mol. The highest BCUT2D eigenvalue weighted by Crippen LogP contribution is 2.26. The molecule has 0 atom stereocenters. The maximum absolute atomic E-state index is 12.6. The van der Waals surface area contributed by atoms with Crippen LogP contribution in [0.3, 0.4) is 0 Å². The molecule has 0 unspecified atom stereocenters. The third-order valence-corrected chi connectivity index (χ3v) is 5.90. The zero-order chi connectivity index (χ0) is 21.1. The summed E-state index contributed by atoms with van der Waals surface area (Å²) in [7, 11) is 0. The molecule has 2 heterocycles. The Morgan fingerprint density at radius 3 is 2.53 bits per heavy atom. The van der Waals surface area contributed by atoms with Crippen molar-refractivity contribution in [1.29, 1.82) is 0 Å². The number of carbonyl (C=O) groups excluding carboxylic acids is 1. The number of amides is 1. The lowest BCUT2D eigenvalue weighted by molar-refractivity contribution is 0.102. The van der Waals surface area contributed by atoms with Crippen molar-refractivity contribution in [2.24, 2.45) is 5.92 Å².